The van der Waals surface area contributed by atoms with Gasteiger partial charge in [-0.25, -0.2) is 13.1 Å². The van der Waals surface area contributed by atoms with E-state index in [1.807, 2.05) is 13.8 Å². The van der Waals surface area contributed by atoms with E-state index in [4.69, 9.17) is 23.2 Å². The molecule has 0 aliphatic rings. The van der Waals surface area contributed by atoms with Crippen LogP contribution in [0, 0.1) is 5.92 Å². The van der Waals surface area contributed by atoms with Gasteiger partial charge in [0.2, 0.25) is 0 Å². The first-order chi connectivity index (χ1) is 8.83. The maximum Gasteiger partial charge on any atom is 0.259 e. The van der Waals surface area contributed by atoms with Crippen LogP contribution in [0.15, 0.2) is 11.2 Å². The first-order valence-corrected chi connectivity index (χ1v) is 8.44. The number of nitrogens with zero attached hydrogens (tertiary/aromatic N) is 2. The molecule has 1 aromatic rings. The third-order valence-corrected chi connectivity index (χ3v) is 5.56. The quantitative estimate of drug-likeness (QED) is 0.782. The summed E-state index contributed by atoms with van der Waals surface area (Å²) in [4.78, 5) is 0. The molecule has 0 aliphatic carbocycles. The lowest BCUT2D eigenvalue weighted by molar-refractivity contribution is 0.459. The fourth-order valence-corrected chi connectivity index (χ4v) is 4.16. The summed E-state index contributed by atoms with van der Waals surface area (Å²) in [7, 11) is -2.16. The van der Waals surface area contributed by atoms with E-state index in [-0.39, 0.29) is 27.9 Å². The predicted octanol–water partition coefficient (Wildman–Crippen LogP) is 2.40. The molecule has 8 heteroatoms. The third kappa shape index (κ3) is 4.08. The maximum absolute atomic E-state index is 12.1. The van der Waals surface area contributed by atoms with Gasteiger partial charge in [0.05, 0.1) is 11.2 Å². The van der Waals surface area contributed by atoms with Crippen LogP contribution < -0.4 is 4.72 Å². The summed E-state index contributed by atoms with van der Waals surface area (Å²) in [6.07, 6.45) is 3.13. The van der Waals surface area contributed by atoms with Gasteiger partial charge in [0.25, 0.3) is 10.0 Å². The van der Waals surface area contributed by atoms with E-state index in [1.165, 1.54) is 17.9 Å². The molecular formula is C11H19Cl2N3O2S. The van der Waals surface area contributed by atoms with E-state index in [1.54, 1.807) is 0 Å². The number of rotatable bonds is 7. The van der Waals surface area contributed by atoms with Gasteiger partial charge >= 0.3 is 0 Å². The second-order valence-corrected chi connectivity index (χ2v) is 7.02. The van der Waals surface area contributed by atoms with Crippen molar-refractivity contribution in [3.63, 3.8) is 0 Å². The molecule has 0 bridgehead atoms. The zero-order valence-electron chi connectivity index (χ0n) is 11.2. The summed E-state index contributed by atoms with van der Waals surface area (Å²) >= 11 is 12.0. The van der Waals surface area contributed by atoms with Crippen molar-refractivity contribution >= 4 is 33.2 Å². The Morgan fingerprint density at radius 3 is 2.42 bits per heavy atom. The zero-order valence-corrected chi connectivity index (χ0v) is 13.6. The van der Waals surface area contributed by atoms with Gasteiger partial charge in [0, 0.05) is 19.0 Å². The minimum absolute atomic E-state index is 0.0393. The highest BCUT2D eigenvalue weighted by atomic mass is 35.5. The number of aromatic nitrogens is 2. The number of alkyl halides is 1. The summed E-state index contributed by atoms with van der Waals surface area (Å²) in [6, 6.07) is 0. The number of hydrogen-bond donors (Lipinski definition) is 1. The molecule has 0 amide bonds. The highest BCUT2D eigenvalue weighted by Crippen LogP contribution is 2.21. The van der Waals surface area contributed by atoms with Gasteiger partial charge < -0.3 is 0 Å². The molecule has 0 spiro atoms. The predicted molar refractivity (Wildman–Crippen MR) is 77.1 cm³/mol. The molecular weight excluding hydrogens is 309 g/mol. The molecule has 1 heterocycles. The van der Waals surface area contributed by atoms with Crippen LogP contribution in [-0.2, 0) is 17.1 Å². The average Bonchev–Trinajstić information content (AvgIpc) is 2.69. The monoisotopic (exact) mass is 327 g/mol. The molecule has 19 heavy (non-hydrogen) atoms. The van der Waals surface area contributed by atoms with Gasteiger partial charge in [-0.15, -0.1) is 11.6 Å². The topological polar surface area (TPSA) is 64.0 Å². The first-order valence-electron chi connectivity index (χ1n) is 6.14. The molecule has 0 saturated heterocycles. The summed E-state index contributed by atoms with van der Waals surface area (Å²) in [5, 5.41) is 3.63. The summed E-state index contributed by atoms with van der Waals surface area (Å²) in [5.41, 5.74) is 0. The molecule has 0 aromatic carbocycles. The SMILES string of the molecule is CCC(CC)C(Cl)CNS(=O)(=O)c1c(Cl)cnn1C. The van der Waals surface area contributed by atoms with E-state index in [2.05, 4.69) is 9.82 Å². The molecule has 1 unspecified atom stereocenters. The van der Waals surface area contributed by atoms with Crippen LogP contribution in [0.5, 0.6) is 0 Å². The summed E-state index contributed by atoms with van der Waals surface area (Å²) in [6.45, 7) is 4.25. The maximum atomic E-state index is 12.1. The first kappa shape index (κ1) is 16.8. The molecule has 0 saturated carbocycles. The van der Waals surface area contributed by atoms with Gasteiger partial charge in [-0.1, -0.05) is 38.3 Å². The number of nitrogens with one attached hydrogen (secondary N) is 1. The van der Waals surface area contributed by atoms with E-state index in [0.717, 1.165) is 12.8 Å². The Kier molecular flexibility index (Phi) is 6.11. The van der Waals surface area contributed by atoms with Crippen LogP contribution in [0.1, 0.15) is 26.7 Å². The standard InChI is InChI=1S/C11H19Cl2N3O2S/c1-4-8(5-2)9(12)7-15-19(17,18)11-10(13)6-14-16(11)3/h6,8-9,15H,4-5,7H2,1-3H3. The number of aryl methyl sites for hydroxylation is 1. The van der Waals surface area contributed by atoms with Crippen LogP contribution in [-0.4, -0.2) is 30.1 Å². The lowest BCUT2D eigenvalue weighted by Crippen LogP contribution is -2.34. The highest BCUT2D eigenvalue weighted by molar-refractivity contribution is 7.89. The number of sulfonamides is 1. The minimum Gasteiger partial charge on any atom is -0.255 e. The van der Waals surface area contributed by atoms with Crippen molar-refractivity contribution in [1.29, 1.82) is 0 Å². The van der Waals surface area contributed by atoms with Crippen molar-refractivity contribution in [2.45, 2.75) is 37.1 Å². The zero-order chi connectivity index (χ0) is 14.6. The second kappa shape index (κ2) is 6.92. The lowest BCUT2D eigenvalue weighted by atomic mass is 9.99. The second-order valence-electron chi connectivity index (χ2n) is 4.37. The Labute approximate surface area is 124 Å². The number of halogens is 2. The third-order valence-electron chi connectivity index (χ3n) is 3.13. The lowest BCUT2D eigenvalue weighted by Gasteiger charge is -2.19. The van der Waals surface area contributed by atoms with Crippen molar-refractivity contribution in [3.8, 4) is 0 Å². The average molecular weight is 328 g/mol. The van der Waals surface area contributed by atoms with Crippen LogP contribution in [0.2, 0.25) is 5.02 Å². The van der Waals surface area contributed by atoms with Crippen molar-refractivity contribution in [2.24, 2.45) is 13.0 Å². The minimum atomic E-state index is -3.69. The van der Waals surface area contributed by atoms with Crippen molar-refractivity contribution < 1.29 is 8.42 Å². The van der Waals surface area contributed by atoms with Gasteiger partial charge in [0.1, 0.15) is 0 Å². The molecule has 5 nitrogen and oxygen atoms in total. The largest absolute Gasteiger partial charge is 0.259 e. The van der Waals surface area contributed by atoms with Crippen molar-refractivity contribution in [3.05, 3.63) is 11.2 Å². The van der Waals surface area contributed by atoms with Crippen molar-refractivity contribution in [2.75, 3.05) is 6.54 Å². The Morgan fingerprint density at radius 2 is 2.00 bits per heavy atom. The van der Waals surface area contributed by atoms with E-state index in [0.29, 0.717) is 0 Å². The van der Waals surface area contributed by atoms with Crippen LogP contribution in [0.25, 0.3) is 0 Å². The van der Waals surface area contributed by atoms with E-state index < -0.39 is 10.0 Å². The van der Waals surface area contributed by atoms with Crippen LogP contribution >= 0.6 is 23.2 Å². The molecule has 0 radical (unpaired) electrons. The highest BCUT2D eigenvalue weighted by Gasteiger charge is 2.25. The van der Waals surface area contributed by atoms with Gasteiger partial charge in [-0.05, 0) is 5.92 Å². The van der Waals surface area contributed by atoms with E-state index in [9.17, 15) is 8.42 Å². The normalized spacial score (nSPS) is 14.0. The summed E-state index contributed by atoms with van der Waals surface area (Å²) in [5.74, 6) is 0.284. The molecule has 110 valence electrons. The van der Waals surface area contributed by atoms with E-state index >= 15 is 0 Å². The van der Waals surface area contributed by atoms with Gasteiger partial charge in [-0.2, -0.15) is 5.10 Å². The Balaban J connectivity index is 2.77. The van der Waals surface area contributed by atoms with Crippen LogP contribution in [0.4, 0.5) is 0 Å². The van der Waals surface area contributed by atoms with Crippen molar-refractivity contribution in [1.82, 2.24) is 14.5 Å². The van der Waals surface area contributed by atoms with Gasteiger partial charge in [0.15, 0.2) is 5.03 Å². The molecule has 0 aliphatic heterocycles. The smallest absolute Gasteiger partial charge is 0.255 e. The Morgan fingerprint density at radius 1 is 1.42 bits per heavy atom. The Bertz CT molecular complexity index is 493. The molecule has 1 aromatic heterocycles. The molecule has 1 atom stereocenters. The molecule has 1 rings (SSSR count). The number of hydrogen-bond acceptors (Lipinski definition) is 3. The van der Waals surface area contributed by atoms with Crippen LogP contribution in [0.3, 0.4) is 0 Å². The molecule has 1 N–H and O–H groups in total. The molecule has 0 fully saturated rings. The summed E-state index contributed by atoms with van der Waals surface area (Å²) < 4.78 is 28.0. The fraction of sp³-hybridized carbons (Fsp3) is 0.727. The van der Waals surface area contributed by atoms with Gasteiger partial charge in [-0.3, -0.25) is 4.68 Å². The fourth-order valence-electron chi connectivity index (χ4n) is 1.93. The Hall–Kier alpha value is -0.300.